The summed E-state index contributed by atoms with van der Waals surface area (Å²) in [5, 5.41) is 1.11. The fourth-order valence-corrected chi connectivity index (χ4v) is 4.82. The van der Waals surface area contributed by atoms with Gasteiger partial charge in [-0.2, -0.15) is 0 Å². The van der Waals surface area contributed by atoms with Gasteiger partial charge in [0, 0.05) is 30.0 Å². The van der Waals surface area contributed by atoms with E-state index < -0.39 is 0 Å². The first-order valence-corrected chi connectivity index (χ1v) is 10.1. The molecule has 6 heteroatoms. The average molecular weight is 370 g/mol. The molecule has 2 aliphatic rings. The topological polar surface area (TPSA) is 34.6 Å². The molecule has 0 radical (unpaired) electrons. The van der Waals surface area contributed by atoms with E-state index in [2.05, 4.69) is 64.8 Å². The van der Waals surface area contributed by atoms with E-state index in [9.17, 15) is 0 Å². The smallest absolute Gasteiger partial charge is 0.399 e. The highest BCUT2D eigenvalue weighted by molar-refractivity contribution is 7.15. The van der Waals surface area contributed by atoms with E-state index in [0.29, 0.717) is 0 Å². The Morgan fingerprint density at radius 1 is 1.15 bits per heavy atom. The quantitative estimate of drug-likeness (QED) is 0.759. The summed E-state index contributed by atoms with van der Waals surface area (Å²) in [5.74, 6) is 0. The molecular weight excluding hydrogens is 343 g/mol. The third-order valence-corrected chi connectivity index (χ3v) is 7.15. The summed E-state index contributed by atoms with van der Waals surface area (Å²) in [4.78, 5) is 8.71. The number of benzene rings is 1. The van der Waals surface area contributed by atoms with Crippen LogP contribution in [0.4, 0.5) is 0 Å². The molecule has 3 heterocycles. The van der Waals surface area contributed by atoms with Crippen LogP contribution in [-0.4, -0.2) is 41.8 Å². The third kappa shape index (κ3) is 2.93. The van der Waals surface area contributed by atoms with Gasteiger partial charge in [0.2, 0.25) is 0 Å². The molecule has 0 amide bonds. The van der Waals surface area contributed by atoms with Crippen LogP contribution >= 0.6 is 11.3 Å². The highest BCUT2D eigenvalue weighted by atomic mass is 32.1. The summed E-state index contributed by atoms with van der Waals surface area (Å²) in [6.45, 7) is 12.6. The Balaban J connectivity index is 1.70. The minimum absolute atomic E-state index is 0.328. The fourth-order valence-electron chi connectivity index (χ4n) is 3.55. The highest BCUT2D eigenvalue weighted by Gasteiger charge is 2.52. The molecule has 2 aliphatic heterocycles. The highest BCUT2D eigenvalue weighted by Crippen LogP contribution is 2.38. The predicted octanol–water partition coefficient (Wildman–Crippen LogP) is 3.41. The molecule has 0 atom stereocenters. The molecule has 2 aromatic rings. The molecular formula is C20H27BN2O2S. The third-order valence-electron chi connectivity index (χ3n) is 6.04. The zero-order valence-corrected chi connectivity index (χ0v) is 17.4. The minimum Gasteiger partial charge on any atom is -0.399 e. The molecule has 0 saturated carbocycles. The first-order chi connectivity index (χ1) is 12.2. The largest absolute Gasteiger partial charge is 0.495 e. The van der Waals surface area contributed by atoms with Gasteiger partial charge in [-0.3, -0.25) is 0 Å². The molecule has 138 valence electrons. The Morgan fingerprint density at radius 3 is 2.54 bits per heavy atom. The first kappa shape index (κ1) is 18.2. The minimum atomic E-state index is -0.333. The van der Waals surface area contributed by atoms with E-state index in [4.69, 9.17) is 14.3 Å². The molecule has 0 unspecified atom stereocenters. The number of nitrogens with zero attached hydrogens (tertiary/aromatic N) is 2. The number of hydrogen-bond acceptors (Lipinski definition) is 5. The average Bonchev–Trinajstić information content (AvgIpc) is 3.05. The maximum atomic E-state index is 6.27. The van der Waals surface area contributed by atoms with Crippen molar-refractivity contribution in [3.63, 3.8) is 0 Å². The van der Waals surface area contributed by atoms with E-state index >= 15 is 0 Å². The van der Waals surface area contributed by atoms with Crippen LogP contribution in [0.2, 0.25) is 0 Å². The Kier molecular flexibility index (Phi) is 4.31. The zero-order chi connectivity index (χ0) is 18.7. The molecule has 0 bridgehead atoms. The number of aromatic nitrogens is 1. The molecule has 4 nitrogen and oxygen atoms in total. The van der Waals surface area contributed by atoms with Gasteiger partial charge in [-0.25, -0.2) is 4.98 Å². The lowest BCUT2D eigenvalue weighted by molar-refractivity contribution is 0.00578. The van der Waals surface area contributed by atoms with Gasteiger partial charge in [-0.05, 0) is 52.7 Å². The van der Waals surface area contributed by atoms with Crippen LogP contribution in [0.3, 0.4) is 0 Å². The lowest BCUT2D eigenvalue weighted by Gasteiger charge is -2.32. The standard InChI is InChI=1S/C20H27BN2O2S/c1-13-14(18-22-16-10-11-23(6)12-17(16)26-18)8-7-9-15(13)21-24-19(2,3)20(4,5)25-21/h7-9H,10-12H2,1-6H3. The number of fused-ring (bicyclic) bond motifs is 1. The van der Waals surface area contributed by atoms with Crippen LogP contribution in [0.5, 0.6) is 0 Å². The van der Waals surface area contributed by atoms with Crippen LogP contribution in [-0.2, 0) is 22.3 Å². The number of rotatable bonds is 2. The van der Waals surface area contributed by atoms with Crippen molar-refractivity contribution >= 4 is 23.9 Å². The number of hydrogen-bond donors (Lipinski definition) is 0. The van der Waals surface area contributed by atoms with E-state index in [-0.39, 0.29) is 18.3 Å². The Hall–Kier alpha value is -1.21. The second kappa shape index (κ2) is 6.16. The van der Waals surface area contributed by atoms with Gasteiger partial charge >= 0.3 is 7.12 Å². The van der Waals surface area contributed by atoms with Crippen LogP contribution in [0.15, 0.2) is 18.2 Å². The molecule has 26 heavy (non-hydrogen) atoms. The Bertz CT molecular complexity index is 830. The second-order valence-electron chi connectivity index (χ2n) is 8.48. The Labute approximate surface area is 160 Å². The molecule has 0 N–H and O–H groups in total. The van der Waals surface area contributed by atoms with Crippen molar-refractivity contribution in [2.75, 3.05) is 13.6 Å². The Morgan fingerprint density at radius 2 is 1.85 bits per heavy atom. The molecule has 0 spiro atoms. The summed E-state index contributed by atoms with van der Waals surface area (Å²) in [5.41, 5.74) is 4.11. The lowest BCUT2D eigenvalue weighted by atomic mass is 9.75. The first-order valence-electron chi connectivity index (χ1n) is 9.30. The van der Waals surface area contributed by atoms with Gasteiger partial charge in [0.15, 0.2) is 0 Å². The van der Waals surface area contributed by atoms with Gasteiger partial charge in [0.1, 0.15) is 5.01 Å². The van der Waals surface area contributed by atoms with Crippen LogP contribution in [0, 0.1) is 6.92 Å². The zero-order valence-electron chi connectivity index (χ0n) is 16.5. The maximum Gasteiger partial charge on any atom is 0.495 e. The van der Waals surface area contributed by atoms with Gasteiger partial charge < -0.3 is 14.2 Å². The van der Waals surface area contributed by atoms with Gasteiger partial charge in [0.25, 0.3) is 0 Å². The van der Waals surface area contributed by atoms with Crippen molar-refractivity contribution in [1.82, 2.24) is 9.88 Å². The summed E-state index contributed by atoms with van der Waals surface area (Å²) < 4.78 is 12.5. The van der Waals surface area contributed by atoms with Gasteiger partial charge in [-0.1, -0.05) is 18.2 Å². The van der Waals surface area contributed by atoms with Gasteiger partial charge in [0.05, 0.1) is 16.9 Å². The van der Waals surface area contributed by atoms with Crippen LogP contribution < -0.4 is 5.46 Å². The van der Waals surface area contributed by atoms with Crippen molar-refractivity contribution in [1.29, 1.82) is 0 Å². The summed E-state index contributed by atoms with van der Waals surface area (Å²) in [6, 6.07) is 6.37. The normalized spacial score (nSPS) is 21.8. The predicted molar refractivity (Wildman–Crippen MR) is 108 cm³/mol. The maximum absolute atomic E-state index is 6.27. The van der Waals surface area contributed by atoms with Crippen LogP contribution in [0.1, 0.15) is 43.8 Å². The molecule has 1 fully saturated rings. The molecule has 1 aromatic carbocycles. The van der Waals surface area contributed by atoms with Gasteiger partial charge in [-0.15, -0.1) is 11.3 Å². The van der Waals surface area contributed by atoms with E-state index in [1.54, 1.807) is 0 Å². The molecule has 0 aliphatic carbocycles. The molecule has 4 rings (SSSR count). The summed E-state index contributed by atoms with van der Waals surface area (Å²) in [6.07, 6.45) is 1.04. The van der Waals surface area contributed by atoms with Crippen molar-refractivity contribution in [3.05, 3.63) is 34.3 Å². The van der Waals surface area contributed by atoms with Crippen molar-refractivity contribution in [2.45, 2.75) is 58.8 Å². The lowest BCUT2D eigenvalue weighted by Crippen LogP contribution is -2.41. The van der Waals surface area contributed by atoms with Crippen molar-refractivity contribution < 1.29 is 9.31 Å². The molecule has 1 saturated heterocycles. The van der Waals surface area contributed by atoms with Crippen LogP contribution in [0.25, 0.3) is 10.6 Å². The van der Waals surface area contributed by atoms with E-state index in [1.165, 1.54) is 21.7 Å². The summed E-state index contributed by atoms with van der Waals surface area (Å²) in [7, 11) is 1.84. The van der Waals surface area contributed by atoms with E-state index in [1.807, 2.05) is 11.3 Å². The summed E-state index contributed by atoms with van der Waals surface area (Å²) >= 11 is 1.82. The van der Waals surface area contributed by atoms with Crippen molar-refractivity contribution in [3.8, 4) is 10.6 Å². The monoisotopic (exact) mass is 370 g/mol. The second-order valence-corrected chi connectivity index (χ2v) is 9.57. The number of thiazole rings is 1. The number of likely N-dealkylation sites (N-methyl/N-ethyl adjacent to an activating group) is 1. The fraction of sp³-hybridized carbons (Fsp3) is 0.550. The van der Waals surface area contributed by atoms with Crippen molar-refractivity contribution in [2.24, 2.45) is 0 Å². The van der Waals surface area contributed by atoms with E-state index in [0.717, 1.165) is 30.0 Å². The SMILES string of the molecule is Cc1c(B2OC(C)(C)C(C)(C)O2)cccc1-c1nc2c(s1)CN(C)CC2. The molecule has 1 aromatic heterocycles.